The molecule has 3 rings (SSSR count). The largest absolute Gasteiger partial charge is 0.442 e. The normalized spacial score (nSPS) is 26.2. The molecule has 0 saturated carbocycles. The van der Waals surface area contributed by atoms with E-state index in [2.05, 4.69) is 5.32 Å². The van der Waals surface area contributed by atoms with Crippen LogP contribution in [0.4, 0.5) is 25.0 Å². The number of benzene rings is 1. The van der Waals surface area contributed by atoms with Crippen LogP contribution in [0.2, 0.25) is 0 Å². The topological polar surface area (TPSA) is 61.9 Å². The number of anilines is 2. The van der Waals surface area contributed by atoms with Crippen LogP contribution in [-0.2, 0) is 9.53 Å². The fourth-order valence-corrected chi connectivity index (χ4v) is 2.87. The van der Waals surface area contributed by atoms with Gasteiger partial charge in [-0.3, -0.25) is 9.69 Å². The third kappa shape index (κ3) is 3.00. The molecule has 0 radical (unpaired) electrons. The lowest BCUT2D eigenvalue weighted by molar-refractivity contribution is -0.119. The van der Waals surface area contributed by atoms with Crippen molar-refractivity contribution in [3.63, 3.8) is 0 Å². The highest BCUT2D eigenvalue weighted by Gasteiger charge is 2.37. The van der Waals surface area contributed by atoms with Gasteiger partial charge in [-0.05, 0) is 25.1 Å². The number of halogens is 2. The lowest BCUT2D eigenvalue weighted by atomic mass is 10.0. The van der Waals surface area contributed by atoms with Crippen LogP contribution in [0.25, 0.3) is 0 Å². The molecule has 3 atom stereocenters. The number of carbonyl (C=O) groups excluding carboxylic acids is 2. The van der Waals surface area contributed by atoms with Crippen molar-refractivity contribution in [1.29, 1.82) is 0 Å². The number of amides is 2. The van der Waals surface area contributed by atoms with Gasteiger partial charge in [0.2, 0.25) is 5.91 Å². The Morgan fingerprint density at radius 2 is 2.17 bits per heavy atom. The molecule has 24 heavy (non-hydrogen) atoms. The van der Waals surface area contributed by atoms with Crippen LogP contribution in [0.15, 0.2) is 18.2 Å². The summed E-state index contributed by atoms with van der Waals surface area (Å²) in [6, 6.07) is 4.04. The van der Waals surface area contributed by atoms with E-state index < -0.39 is 24.2 Å². The van der Waals surface area contributed by atoms with Gasteiger partial charge in [0.15, 0.2) is 0 Å². The molecule has 1 N–H and O–H groups in total. The molecule has 130 valence electrons. The molecule has 2 aliphatic heterocycles. The van der Waals surface area contributed by atoms with Gasteiger partial charge in [-0.25, -0.2) is 13.6 Å². The minimum atomic E-state index is -0.952. The Balaban J connectivity index is 1.70. The van der Waals surface area contributed by atoms with Crippen molar-refractivity contribution in [1.82, 2.24) is 5.32 Å². The van der Waals surface area contributed by atoms with Gasteiger partial charge in [-0.1, -0.05) is 0 Å². The zero-order chi connectivity index (χ0) is 17.4. The SMILES string of the molecule is CC(=O)NCC1CN(c2ccc(N3CC(F)[C@H]3C)c(F)c2)C(=O)O1. The highest BCUT2D eigenvalue weighted by molar-refractivity contribution is 5.90. The zero-order valence-electron chi connectivity index (χ0n) is 13.5. The van der Waals surface area contributed by atoms with E-state index in [0.717, 1.165) is 0 Å². The van der Waals surface area contributed by atoms with E-state index >= 15 is 0 Å². The van der Waals surface area contributed by atoms with Gasteiger partial charge in [-0.15, -0.1) is 0 Å². The van der Waals surface area contributed by atoms with Gasteiger partial charge < -0.3 is 15.0 Å². The molecule has 6 nitrogen and oxygen atoms in total. The standard InChI is InChI=1S/C16H19F2N3O3/c1-9-14(18)8-20(9)15-4-3-11(5-13(15)17)21-7-12(24-16(21)23)6-19-10(2)22/h3-5,9,12,14H,6-8H2,1-2H3,(H,19,22)/t9-,12?,14?/m1/s1. The molecule has 0 spiro atoms. The minimum absolute atomic E-state index is 0.169. The summed E-state index contributed by atoms with van der Waals surface area (Å²) in [5.41, 5.74) is 0.694. The molecule has 0 bridgehead atoms. The summed E-state index contributed by atoms with van der Waals surface area (Å²) in [5, 5.41) is 2.58. The lowest BCUT2D eigenvalue weighted by Gasteiger charge is -2.43. The number of carbonyl (C=O) groups is 2. The van der Waals surface area contributed by atoms with Gasteiger partial charge in [0.05, 0.1) is 37.1 Å². The highest BCUT2D eigenvalue weighted by Crippen LogP contribution is 2.33. The van der Waals surface area contributed by atoms with E-state index in [-0.39, 0.29) is 31.6 Å². The van der Waals surface area contributed by atoms with Crippen LogP contribution in [0.5, 0.6) is 0 Å². The van der Waals surface area contributed by atoms with Crippen molar-refractivity contribution in [3.8, 4) is 0 Å². The van der Waals surface area contributed by atoms with Crippen LogP contribution >= 0.6 is 0 Å². The van der Waals surface area contributed by atoms with E-state index in [1.165, 1.54) is 17.9 Å². The van der Waals surface area contributed by atoms with Crippen molar-refractivity contribution in [2.45, 2.75) is 32.2 Å². The Morgan fingerprint density at radius 3 is 2.75 bits per heavy atom. The smallest absolute Gasteiger partial charge is 0.414 e. The quantitative estimate of drug-likeness (QED) is 0.909. The minimum Gasteiger partial charge on any atom is -0.442 e. The Morgan fingerprint density at radius 1 is 1.42 bits per heavy atom. The summed E-state index contributed by atoms with van der Waals surface area (Å²) in [6.45, 7) is 3.68. The Hall–Kier alpha value is -2.38. The van der Waals surface area contributed by atoms with E-state index in [4.69, 9.17) is 4.74 Å². The average Bonchev–Trinajstić information content (AvgIpc) is 2.91. The van der Waals surface area contributed by atoms with Crippen molar-refractivity contribution >= 4 is 23.4 Å². The predicted octanol–water partition coefficient (Wildman–Crippen LogP) is 1.83. The third-order valence-corrected chi connectivity index (χ3v) is 4.39. The molecule has 2 unspecified atom stereocenters. The maximum absolute atomic E-state index is 14.4. The maximum atomic E-state index is 14.4. The first-order valence-electron chi connectivity index (χ1n) is 7.79. The molecule has 8 heteroatoms. The number of nitrogens with one attached hydrogen (secondary N) is 1. The second kappa shape index (κ2) is 6.26. The number of nitrogens with zero attached hydrogens (tertiary/aromatic N) is 2. The van der Waals surface area contributed by atoms with Gasteiger partial charge in [-0.2, -0.15) is 0 Å². The number of rotatable bonds is 4. The fourth-order valence-electron chi connectivity index (χ4n) is 2.87. The molecule has 2 fully saturated rings. The first-order chi connectivity index (χ1) is 11.4. The van der Waals surface area contributed by atoms with Crippen LogP contribution in [0.1, 0.15) is 13.8 Å². The monoisotopic (exact) mass is 339 g/mol. The van der Waals surface area contributed by atoms with E-state index in [1.807, 2.05) is 0 Å². The predicted molar refractivity (Wildman–Crippen MR) is 84.4 cm³/mol. The molecule has 0 aromatic heterocycles. The molecular formula is C16H19F2N3O3. The molecule has 2 aliphatic rings. The van der Waals surface area contributed by atoms with Crippen LogP contribution in [-0.4, -0.2) is 50.0 Å². The zero-order valence-corrected chi connectivity index (χ0v) is 13.5. The Bertz CT molecular complexity index is 670. The summed E-state index contributed by atoms with van der Waals surface area (Å²) in [5.74, 6) is -0.723. The number of ether oxygens (including phenoxy) is 1. The molecule has 2 saturated heterocycles. The third-order valence-electron chi connectivity index (χ3n) is 4.39. The maximum Gasteiger partial charge on any atom is 0.414 e. The first-order valence-corrected chi connectivity index (χ1v) is 7.79. The van der Waals surface area contributed by atoms with Gasteiger partial charge in [0.25, 0.3) is 0 Å². The Kier molecular flexibility index (Phi) is 4.29. The molecule has 0 aliphatic carbocycles. The lowest BCUT2D eigenvalue weighted by Crippen LogP contribution is -2.56. The van der Waals surface area contributed by atoms with Crippen molar-refractivity contribution in [2.24, 2.45) is 0 Å². The highest BCUT2D eigenvalue weighted by atomic mass is 19.1. The van der Waals surface area contributed by atoms with Gasteiger partial charge in [0, 0.05) is 6.92 Å². The molecular weight excluding hydrogens is 320 g/mol. The first kappa shape index (κ1) is 16.5. The van der Waals surface area contributed by atoms with E-state index in [1.54, 1.807) is 24.0 Å². The summed E-state index contributed by atoms with van der Waals surface area (Å²) in [6.07, 6.45) is -2.02. The van der Waals surface area contributed by atoms with Crippen molar-refractivity contribution in [2.75, 3.05) is 29.4 Å². The van der Waals surface area contributed by atoms with Crippen molar-refractivity contribution in [3.05, 3.63) is 24.0 Å². The molecule has 2 amide bonds. The second-order valence-electron chi connectivity index (χ2n) is 6.10. The van der Waals surface area contributed by atoms with E-state index in [9.17, 15) is 18.4 Å². The van der Waals surface area contributed by atoms with Gasteiger partial charge in [0.1, 0.15) is 18.1 Å². The fraction of sp³-hybridized carbons (Fsp3) is 0.500. The molecule has 1 aromatic carbocycles. The van der Waals surface area contributed by atoms with Crippen molar-refractivity contribution < 1.29 is 23.1 Å². The van der Waals surface area contributed by atoms with Crippen LogP contribution in [0.3, 0.4) is 0 Å². The molecule has 2 heterocycles. The van der Waals surface area contributed by atoms with Gasteiger partial charge >= 0.3 is 6.09 Å². The van der Waals surface area contributed by atoms with Crippen LogP contribution in [0, 0.1) is 5.82 Å². The molecule has 1 aromatic rings. The number of cyclic esters (lactones) is 1. The number of alkyl halides is 1. The van der Waals surface area contributed by atoms with Crippen LogP contribution < -0.4 is 15.1 Å². The van der Waals surface area contributed by atoms with E-state index in [0.29, 0.717) is 11.4 Å². The number of hydrogen-bond acceptors (Lipinski definition) is 4. The Labute approximate surface area is 138 Å². The summed E-state index contributed by atoms with van der Waals surface area (Å²) in [4.78, 5) is 25.8. The average molecular weight is 339 g/mol. The number of hydrogen-bond donors (Lipinski definition) is 1. The summed E-state index contributed by atoms with van der Waals surface area (Å²) < 4.78 is 32.8. The summed E-state index contributed by atoms with van der Waals surface area (Å²) >= 11 is 0. The summed E-state index contributed by atoms with van der Waals surface area (Å²) in [7, 11) is 0. The second-order valence-corrected chi connectivity index (χ2v) is 6.10.